The Labute approximate surface area is 92.4 Å². The van der Waals surface area contributed by atoms with Crippen LogP contribution in [-0.4, -0.2) is 17.0 Å². The molecule has 2 rings (SSSR count). The molecule has 0 N–H and O–H groups in total. The van der Waals surface area contributed by atoms with Gasteiger partial charge in [-0.3, -0.25) is 0 Å². The maximum Gasteiger partial charge on any atom is 0.0374 e. The molecule has 0 unspecified atom stereocenters. The fourth-order valence-electron chi connectivity index (χ4n) is 2.27. The van der Waals surface area contributed by atoms with Crippen LogP contribution in [0.1, 0.15) is 31.9 Å². The van der Waals surface area contributed by atoms with Crippen LogP contribution in [0.2, 0.25) is 0 Å². The van der Waals surface area contributed by atoms with Crippen LogP contribution in [0.3, 0.4) is 0 Å². The highest BCUT2D eigenvalue weighted by atomic mass is 15.2. The van der Waals surface area contributed by atoms with E-state index in [1.807, 2.05) is 0 Å². The first kappa shape index (κ1) is 10.3. The van der Waals surface area contributed by atoms with Crippen LogP contribution in [0.4, 0.5) is 0 Å². The minimum atomic E-state index is 0.171. The molecule has 1 aliphatic heterocycles. The molecule has 1 nitrogen and oxygen atoms in total. The third kappa shape index (κ3) is 1.79. The summed E-state index contributed by atoms with van der Waals surface area (Å²) in [6.45, 7) is 12.0. The van der Waals surface area contributed by atoms with E-state index >= 15 is 0 Å². The zero-order chi connectivity index (χ0) is 11.1. The zero-order valence-corrected chi connectivity index (χ0v) is 9.88. The minimum Gasteiger partial charge on any atom is -0.366 e. The summed E-state index contributed by atoms with van der Waals surface area (Å²) < 4.78 is 0. The Kier molecular flexibility index (Phi) is 2.34. The maximum atomic E-state index is 4.23. The summed E-state index contributed by atoms with van der Waals surface area (Å²) in [5.41, 5.74) is 4.09. The molecule has 0 spiro atoms. The monoisotopic (exact) mass is 201 g/mol. The van der Waals surface area contributed by atoms with E-state index in [0.29, 0.717) is 0 Å². The van der Waals surface area contributed by atoms with Gasteiger partial charge >= 0.3 is 0 Å². The molecule has 0 aliphatic carbocycles. The van der Waals surface area contributed by atoms with E-state index in [9.17, 15) is 0 Å². The van der Waals surface area contributed by atoms with Gasteiger partial charge in [0, 0.05) is 23.3 Å². The second-order valence-corrected chi connectivity index (χ2v) is 5.18. The van der Waals surface area contributed by atoms with Gasteiger partial charge < -0.3 is 4.90 Å². The normalized spacial score (nSPS) is 16.5. The first-order valence-electron chi connectivity index (χ1n) is 5.55. The molecule has 0 saturated carbocycles. The third-order valence-electron chi connectivity index (χ3n) is 3.07. The summed E-state index contributed by atoms with van der Waals surface area (Å²) in [7, 11) is 0. The summed E-state index contributed by atoms with van der Waals surface area (Å²) in [5, 5.41) is 0. The largest absolute Gasteiger partial charge is 0.366 e. The van der Waals surface area contributed by atoms with Crippen molar-refractivity contribution in [3.05, 3.63) is 42.0 Å². The molecule has 1 aromatic carbocycles. The zero-order valence-electron chi connectivity index (χ0n) is 9.88. The second kappa shape index (κ2) is 3.41. The van der Waals surface area contributed by atoms with Gasteiger partial charge in [0.15, 0.2) is 0 Å². The lowest BCUT2D eigenvalue weighted by molar-refractivity contribution is 0.219. The second-order valence-electron chi connectivity index (χ2n) is 5.18. The number of hydrogen-bond acceptors (Lipinski definition) is 1. The summed E-state index contributed by atoms with van der Waals surface area (Å²) >= 11 is 0. The molecule has 1 aliphatic rings. The van der Waals surface area contributed by atoms with Crippen molar-refractivity contribution in [3.8, 4) is 0 Å². The van der Waals surface area contributed by atoms with E-state index in [1.165, 1.54) is 16.8 Å². The Bertz CT molecular complexity index is 385. The van der Waals surface area contributed by atoms with Crippen LogP contribution in [-0.2, 0) is 6.42 Å². The average molecular weight is 201 g/mol. The third-order valence-corrected chi connectivity index (χ3v) is 3.07. The summed E-state index contributed by atoms with van der Waals surface area (Å²) in [6.07, 6.45) is 1.13. The van der Waals surface area contributed by atoms with Gasteiger partial charge in [-0.2, -0.15) is 0 Å². The number of nitrogens with zero attached hydrogens (tertiary/aromatic N) is 1. The topological polar surface area (TPSA) is 3.24 Å². The van der Waals surface area contributed by atoms with Gasteiger partial charge in [0.2, 0.25) is 0 Å². The predicted octanol–water partition coefficient (Wildman–Crippen LogP) is 3.31. The number of fused-ring (bicyclic) bond motifs is 1. The molecule has 0 bridgehead atoms. The minimum absolute atomic E-state index is 0.171. The molecule has 0 radical (unpaired) electrons. The van der Waals surface area contributed by atoms with Gasteiger partial charge in [0.25, 0.3) is 0 Å². The smallest absolute Gasteiger partial charge is 0.0374 e. The Morgan fingerprint density at radius 2 is 1.87 bits per heavy atom. The molecule has 0 amide bonds. The molecule has 0 aromatic heterocycles. The first-order chi connectivity index (χ1) is 7.00. The van der Waals surface area contributed by atoms with Gasteiger partial charge in [-0.25, -0.2) is 0 Å². The molecule has 80 valence electrons. The predicted molar refractivity (Wildman–Crippen MR) is 65.6 cm³/mol. The van der Waals surface area contributed by atoms with Crippen LogP contribution >= 0.6 is 0 Å². The lowest BCUT2D eigenvalue weighted by Gasteiger charge is -2.42. The van der Waals surface area contributed by atoms with E-state index in [4.69, 9.17) is 0 Å². The SMILES string of the molecule is C=C1c2ccccc2CCN1C(C)(C)C. The highest BCUT2D eigenvalue weighted by Crippen LogP contribution is 2.32. The molecule has 0 saturated heterocycles. The van der Waals surface area contributed by atoms with E-state index in [2.05, 4.69) is 56.5 Å². The molecule has 15 heavy (non-hydrogen) atoms. The highest BCUT2D eigenvalue weighted by molar-refractivity contribution is 5.67. The molecular weight excluding hydrogens is 182 g/mol. The number of rotatable bonds is 0. The standard InChI is InChI=1S/C14H19N/c1-11-13-8-6-5-7-12(13)9-10-15(11)14(2,3)4/h5-8H,1,9-10H2,2-4H3. The van der Waals surface area contributed by atoms with Crippen LogP contribution in [0.25, 0.3) is 5.70 Å². The Hall–Kier alpha value is -1.24. The molecular formula is C14H19N. The molecule has 0 fully saturated rings. The van der Waals surface area contributed by atoms with E-state index < -0.39 is 0 Å². The molecule has 1 aromatic rings. The van der Waals surface area contributed by atoms with Crippen molar-refractivity contribution in [1.29, 1.82) is 0 Å². The van der Waals surface area contributed by atoms with Crippen LogP contribution in [0.15, 0.2) is 30.8 Å². The van der Waals surface area contributed by atoms with E-state index in [-0.39, 0.29) is 5.54 Å². The first-order valence-corrected chi connectivity index (χ1v) is 5.55. The Morgan fingerprint density at radius 1 is 1.20 bits per heavy atom. The van der Waals surface area contributed by atoms with Crippen molar-refractivity contribution in [2.24, 2.45) is 0 Å². The number of hydrogen-bond donors (Lipinski definition) is 0. The molecule has 1 heteroatoms. The van der Waals surface area contributed by atoms with Crippen molar-refractivity contribution >= 4 is 5.70 Å². The average Bonchev–Trinajstić information content (AvgIpc) is 2.16. The molecule has 1 heterocycles. The summed E-state index contributed by atoms with van der Waals surface area (Å²) in [5.74, 6) is 0. The van der Waals surface area contributed by atoms with Crippen LogP contribution < -0.4 is 0 Å². The van der Waals surface area contributed by atoms with Gasteiger partial charge in [-0.1, -0.05) is 30.8 Å². The van der Waals surface area contributed by atoms with Crippen molar-refractivity contribution in [2.45, 2.75) is 32.7 Å². The Balaban J connectivity index is 2.38. The highest BCUT2D eigenvalue weighted by Gasteiger charge is 2.27. The lowest BCUT2D eigenvalue weighted by Crippen LogP contribution is -2.43. The quantitative estimate of drug-likeness (QED) is 0.622. The van der Waals surface area contributed by atoms with E-state index in [0.717, 1.165) is 13.0 Å². The summed E-state index contributed by atoms with van der Waals surface area (Å²) in [6, 6.07) is 8.59. The van der Waals surface area contributed by atoms with Crippen molar-refractivity contribution in [2.75, 3.05) is 6.54 Å². The fraction of sp³-hybridized carbons (Fsp3) is 0.429. The van der Waals surface area contributed by atoms with E-state index in [1.54, 1.807) is 0 Å². The summed E-state index contributed by atoms with van der Waals surface area (Å²) in [4.78, 5) is 2.40. The molecule has 0 atom stereocenters. The maximum absolute atomic E-state index is 4.23. The van der Waals surface area contributed by atoms with Crippen molar-refractivity contribution in [3.63, 3.8) is 0 Å². The van der Waals surface area contributed by atoms with Gasteiger partial charge in [-0.15, -0.1) is 0 Å². The van der Waals surface area contributed by atoms with Gasteiger partial charge in [-0.05, 0) is 32.8 Å². The van der Waals surface area contributed by atoms with Gasteiger partial charge in [0.05, 0.1) is 0 Å². The van der Waals surface area contributed by atoms with Crippen molar-refractivity contribution in [1.82, 2.24) is 4.90 Å². The van der Waals surface area contributed by atoms with Crippen LogP contribution in [0.5, 0.6) is 0 Å². The van der Waals surface area contributed by atoms with Crippen LogP contribution in [0, 0.1) is 0 Å². The lowest BCUT2D eigenvalue weighted by atomic mass is 9.93. The van der Waals surface area contributed by atoms with Gasteiger partial charge in [0.1, 0.15) is 0 Å². The van der Waals surface area contributed by atoms with Crippen molar-refractivity contribution < 1.29 is 0 Å². The Morgan fingerprint density at radius 3 is 2.53 bits per heavy atom. The number of benzene rings is 1. The fourth-order valence-corrected chi connectivity index (χ4v) is 2.27.